The lowest BCUT2D eigenvalue weighted by Gasteiger charge is -2.15. The van der Waals surface area contributed by atoms with E-state index in [1.807, 2.05) is 0 Å². The van der Waals surface area contributed by atoms with Gasteiger partial charge in [-0.1, -0.05) is 18.7 Å². The average Bonchev–Trinajstić information content (AvgIpc) is 2.82. The minimum absolute atomic E-state index is 0.222. The van der Waals surface area contributed by atoms with Gasteiger partial charge in [-0.15, -0.1) is 0 Å². The maximum atomic E-state index is 11.7. The summed E-state index contributed by atoms with van der Waals surface area (Å²) >= 11 is 1.40. The molecule has 0 aliphatic carbocycles. The third-order valence-corrected chi connectivity index (χ3v) is 2.94. The van der Waals surface area contributed by atoms with Gasteiger partial charge in [0.2, 0.25) is 0 Å². The highest BCUT2D eigenvalue weighted by Crippen LogP contribution is 2.16. The van der Waals surface area contributed by atoms with Crippen LogP contribution >= 0.6 is 11.8 Å². The Hall–Kier alpha value is -1.01. The van der Waals surface area contributed by atoms with E-state index in [0.717, 1.165) is 13.0 Å². The second kappa shape index (κ2) is 8.14. The first-order valence-corrected chi connectivity index (χ1v) is 6.68. The maximum absolute atomic E-state index is 11.7. The topological polar surface area (TPSA) is 64.4 Å². The molecule has 1 unspecified atom stereocenters. The lowest BCUT2D eigenvalue weighted by molar-refractivity contribution is -0.144. The summed E-state index contributed by atoms with van der Waals surface area (Å²) < 4.78 is 10.1. The Labute approximate surface area is 105 Å². The zero-order valence-electron chi connectivity index (χ0n) is 10.1. The van der Waals surface area contributed by atoms with Crippen LogP contribution in [0.5, 0.6) is 0 Å². The molecule has 0 fully saturated rings. The molecule has 5 nitrogen and oxygen atoms in total. The summed E-state index contributed by atoms with van der Waals surface area (Å²) in [6, 6.07) is -0.313. The van der Waals surface area contributed by atoms with E-state index in [9.17, 15) is 4.79 Å². The summed E-state index contributed by atoms with van der Waals surface area (Å²) in [4.78, 5) is 15.6. The fourth-order valence-corrected chi connectivity index (χ4v) is 2.03. The van der Waals surface area contributed by atoms with Gasteiger partial charge in [-0.05, 0) is 19.9 Å². The number of aromatic nitrogens is 1. The predicted molar refractivity (Wildman–Crippen MR) is 65.9 cm³/mol. The van der Waals surface area contributed by atoms with Gasteiger partial charge in [-0.3, -0.25) is 4.79 Å². The lowest BCUT2D eigenvalue weighted by Crippen LogP contribution is -2.40. The monoisotopic (exact) mass is 258 g/mol. The van der Waals surface area contributed by atoms with Crippen molar-refractivity contribution in [1.29, 1.82) is 0 Å². The minimum atomic E-state index is -0.313. The molecule has 0 amide bonds. The van der Waals surface area contributed by atoms with Crippen LogP contribution in [-0.4, -0.2) is 35.9 Å². The van der Waals surface area contributed by atoms with E-state index in [-0.39, 0.29) is 12.0 Å². The molecule has 0 spiro atoms. The number of hydrogen-bond donors (Lipinski definition) is 1. The molecule has 0 saturated heterocycles. The summed E-state index contributed by atoms with van der Waals surface area (Å²) in [5, 5.41) is 3.72. The Balaban J connectivity index is 2.41. The Kier molecular flexibility index (Phi) is 6.73. The van der Waals surface area contributed by atoms with Crippen molar-refractivity contribution in [2.75, 3.05) is 18.9 Å². The number of oxazole rings is 1. The summed E-state index contributed by atoms with van der Waals surface area (Å²) in [7, 11) is 0. The summed E-state index contributed by atoms with van der Waals surface area (Å²) in [5.41, 5.74) is 0. The molecule has 0 bridgehead atoms. The van der Waals surface area contributed by atoms with E-state index in [0.29, 0.717) is 17.6 Å². The van der Waals surface area contributed by atoms with Gasteiger partial charge in [0.05, 0.1) is 12.8 Å². The fraction of sp³-hybridized carbons (Fsp3) is 0.636. The van der Waals surface area contributed by atoms with Crippen molar-refractivity contribution in [3.05, 3.63) is 12.5 Å². The molecule has 0 saturated carbocycles. The normalized spacial score (nSPS) is 12.4. The van der Waals surface area contributed by atoms with Crippen molar-refractivity contribution < 1.29 is 13.9 Å². The summed E-state index contributed by atoms with van der Waals surface area (Å²) in [6.45, 7) is 5.04. The van der Waals surface area contributed by atoms with Crippen LogP contribution in [0.25, 0.3) is 0 Å². The van der Waals surface area contributed by atoms with Gasteiger partial charge < -0.3 is 14.5 Å². The zero-order valence-corrected chi connectivity index (χ0v) is 11.0. The first kappa shape index (κ1) is 14.1. The van der Waals surface area contributed by atoms with Crippen molar-refractivity contribution in [2.45, 2.75) is 31.5 Å². The third kappa shape index (κ3) is 5.23. The standard InChI is InChI=1S/C11H18N2O3S/c1-3-5-12-9(10(14)15-4-2)8-17-11-13-6-7-16-11/h6-7,9,12H,3-5,8H2,1-2H3. The molecule has 17 heavy (non-hydrogen) atoms. The molecule has 1 heterocycles. The molecule has 1 aromatic heterocycles. The Morgan fingerprint density at radius 3 is 3.06 bits per heavy atom. The highest BCUT2D eigenvalue weighted by molar-refractivity contribution is 7.99. The van der Waals surface area contributed by atoms with E-state index >= 15 is 0 Å². The Morgan fingerprint density at radius 2 is 2.47 bits per heavy atom. The van der Waals surface area contributed by atoms with E-state index in [4.69, 9.17) is 9.15 Å². The number of ether oxygens (including phenoxy) is 1. The number of rotatable bonds is 8. The van der Waals surface area contributed by atoms with E-state index in [1.165, 1.54) is 18.0 Å². The molecule has 1 aromatic rings. The third-order valence-electron chi connectivity index (χ3n) is 1.99. The van der Waals surface area contributed by atoms with Crippen molar-refractivity contribution in [2.24, 2.45) is 0 Å². The average molecular weight is 258 g/mol. The summed E-state index contributed by atoms with van der Waals surface area (Å²) in [6.07, 6.45) is 4.07. The quantitative estimate of drug-likeness (QED) is 0.565. The molecular weight excluding hydrogens is 240 g/mol. The first-order chi connectivity index (χ1) is 8.27. The number of esters is 1. The maximum Gasteiger partial charge on any atom is 0.323 e. The van der Waals surface area contributed by atoms with Crippen molar-refractivity contribution in [3.63, 3.8) is 0 Å². The van der Waals surface area contributed by atoms with Gasteiger partial charge in [-0.2, -0.15) is 0 Å². The molecule has 0 aliphatic rings. The summed E-state index contributed by atoms with van der Waals surface area (Å²) in [5.74, 6) is 0.333. The molecular formula is C11H18N2O3S. The molecule has 96 valence electrons. The number of carbonyl (C=O) groups excluding carboxylic acids is 1. The van der Waals surface area contributed by atoms with Crippen molar-refractivity contribution in [1.82, 2.24) is 10.3 Å². The fourth-order valence-electron chi connectivity index (χ4n) is 1.21. The lowest BCUT2D eigenvalue weighted by atomic mass is 10.3. The zero-order chi connectivity index (χ0) is 12.5. The second-order valence-corrected chi connectivity index (χ2v) is 4.34. The number of nitrogens with one attached hydrogen (secondary N) is 1. The molecule has 1 atom stereocenters. The van der Waals surface area contributed by atoms with Crippen LogP contribution in [0.15, 0.2) is 22.1 Å². The van der Waals surface area contributed by atoms with Crippen LogP contribution in [-0.2, 0) is 9.53 Å². The highest BCUT2D eigenvalue weighted by Gasteiger charge is 2.19. The molecule has 0 aromatic carbocycles. The van der Waals surface area contributed by atoms with Gasteiger partial charge >= 0.3 is 5.97 Å². The Bertz CT molecular complexity index is 317. The number of hydrogen-bond acceptors (Lipinski definition) is 6. The van der Waals surface area contributed by atoms with E-state index in [2.05, 4.69) is 17.2 Å². The smallest absolute Gasteiger partial charge is 0.323 e. The number of thioether (sulfide) groups is 1. The van der Waals surface area contributed by atoms with Gasteiger partial charge in [0.1, 0.15) is 12.3 Å². The van der Waals surface area contributed by atoms with Crippen molar-refractivity contribution in [3.8, 4) is 0 Å². The van der Waals surface area contributed by atoms with Crippen LogP contribution in [0.4, 0.5) is 0 Å². The molecule has 0 radical (unpaired) electrons. The van der Waals surface area contributed by atoms with Gasteiger partial charge in [0.15, 0.2) is 0 Å². The number of carbonyl (C=O) groups is 1. The largest absolute Gasteiger partial charge is 0.465 e. The van der Waals surface area contributed by atoms with Gasteiger partial charge in [0.25, 0.3) is 5.22 Å². The molecule has 6 heteroatoms. The predicted octanol–water partition coefficient (Wildman–Crippen LogP) is 1.70. The van der Waals surface area contributed by atoms with Crippen LogP contribution in [0.3, 0.4) is 0 Å². The SMILES string of the molecule is CCCNC(CSc1ncco1)C(=O)OCC. The minimum Gasteiger partial charge on any atom is -0.465 e. The van der Waals surface area contributed by atoms with E-state index in [1.54, 1.807) is 13.1 Å². The number of nitrogens with zero attached hydrogens (tertiary/aromatic N) is 1. The van der Waals surface area contributed by atoms with Crippen LogP contribution < -0.4 is 5.32 Å². The van der Waals surface area contributed by atoms with Gasteiger partial charge in [-0.25, -0.2) is 4.98 Å². The van der Waals surface area contributed by atoms with E-state index < -0.39 is 0 Å². The molecule has 1 N–H and O–H groups in total. The Morgan fingerprint density at radius 1 is 1.65 bits per heavy atom. The first-order valence-electron chi connectivity index (χ1n) is 5.70. The van der Waals surface area contributed by atoms with Crippen LogP contribution in [0, 0.1) is 0 Å². The second-order valence-electron chi connectivity index (χ2n) is 3.37. The van der Waals surface area contributed by atoms with Crippen molar-refractivity contribution >= 4 is 17.7 Å². The molecule has 1 rings (SSSR count). The van der Waals surface area contributed by atoms with Crippen LogP contribution in [0.1, 0.15) is 20.3 Å². The van der Waals surface area contributed by atoms with Gasteiger partial charge in [0, 0.05) is 5.75 Å². The molecule has 0 aliphatic heterocycles. The van der Waals surface area contributed by atoms with Crippen LogP contribution in [0.2, 0.25) is 0 Å². The highest BCUT2D eigenvalue weighted by atomic mass is 32.2.